The van der Waals surface area contributed by atoms with Crippen molar-refractivity contribution in [2.75, 3.05) is 31.6 Å². The van der Waals surface area contributed by atoms with Crippen molar-refractivity contribution in [2.24, 2.45) is 0 Å². The van der Waals surface area contributed by atoms with Gasteiger partial charge < -0.3 is 10.2 Å². The highest BCUT2D eigenvalue weighted by atomic mass is 32.2. The minimum atomic E-state index is -3.34. The first kappa shape index (κ1) is 14.3. The maximum absolute atomic E-state index is 11.6. The van der Waals surface area contributed by atoms with Gasteiger partial charge in [0.25, 0.3) is 0 Å². The molecule has 2 rings (SSSR count). The first-order chi connectivity index (χ1) is 9.06. The van der Waals surface area contributed by atoms with Crippen LogP contribution in [0.15, 0.2) is 29.2 Å². The monoisotopic (exact) mass is 283 g/mol. The van der Waals surface area contributed by atoms with Gasteiger partial charge in [-0.15, -0.1) is 0 Å². The molecule has 1 fully saturated rings. The van der Waals surface area contributed by atoms with E-state index in [0.29, 0.717) is 10.9 Å². The zero-order chi connectivity index (χ0) is 13.9. The highest BCUT2D eigenvalue weighted by Gasteiger charge is 2.22. The molecule has 0 aliphatic carbocycles. The van der Waals surface area contributed by atoms with Crippen molar-refractivity contribution in [3.05, 3.63) is 24.3 Å². The summed E-state index contributed by atoms with van der Waals surface area (Å²) in [4.78, 5) is 2.59. The van der Waals surface area contributed by atoms with Gasteiger partial charge in [0.2, 0.25) is 10.0 Å². The van der Waals surface area contributed by atoms with E-state index in [2.05, 4.69) is 21.9 Å². The van der Waals surface area contributed by atoms with Gasteiger partial charge in [-0.2, -0.15) is 0 Å². The fraction of sp³-hybridized carbons (Fsp3) is 0.538. The van der Waals surface area contributed by atoms with Crippen molar-refractivity contribution in [2.45, 2.75) is 24.3 Å². The lowest BCUT2D eigenvalue weighted by Crippen LogP contribution is -2.32. The molecular formula is C13H21N3O2S. The van der Waals surface area contributed by atoms with E-state index in [4.69, 9.17) is 0 Å². The third-order valence-corrected chi connectivity index (χ3v) is 4.89. The molecule has 1 atom stereocenters. The van der Waals surface area contributed by atoms with E-state index in [1.165, 1.54) is 7.05 Å². The second-order valence-electron chi connectivity index (χ2n) is 4.69. The Labute approximate surface area is 115 Å². The molecule has 2 N–H and O–H groups in total. The molecule has 6 heteroatoms. The van der Waals surface area contributed by atoms with Crippen LogP contribution < -0.4 is 14.9 Å². The molecule has 1 saturated heterocycles. The van der Waals surface area contributed by atoms with Gasteiger partial charge in [0.05, 0.1) is 4.90 Å². The van der Waals surface area contributed by atoms with Crippen molar-refractivity contribution >= 4 is 15.7 Å². The van der Waals surface area contributed by atoms with Gasteiger partial charge in [0.15, 0.2) is 0 Å². The van der Waals surface area contributed by atoms with Crippen LogP contribution in [0.25, 0.3) is 0 Å². The molecule has 0 bridgehead atoms. The molecule has 19 heavy (non-hydrogen) atoms. The lowest BCUT2D eigenvalue weighted by molar-refractivity contribution is 0.572. The summed E-state index contributed by atoms with van der Waals surface area (Å²) in [5.41, 5.74) is 1.08. The maximum atomic E-state index is 11.6. The molecule has 0 amide bonds. The molecule has 1 aromatic carbocycles. The Bertz CT molecular complexity index is 513. The maximum Gasteiger partial charge on any atom is 0.240 e. The quantitative estimate of drug-likeness (QED) is 0.838. The SMILES string of the molecule is CCN[C@H]1CCN(c2ccc(S(=O)(=O)NC)cc2)C1. The van der Waals surface area contributed by atoms with Crippen LogP contribution in [0.5, 0.6) is 0 Å². The van der Waals surface area contributed by atoms with E-state index in [0.717, 1.165) is 31.7 Å². The largest absolute Gasteiger partial charge is 0.370 e. The fourth-order valence-corrected chi connectivity index (χ4v) is 3.13. The van der Waals surface area contributed by atoms with Crippen LogP contribution >= 0.6 is 0 Å². The molecule has 1 aromatic rings. The number of rotatable bonds is 5. The smallest absolute Gasteiger partial charge is 0.240 e. The van der Waals surface area contributed by atoms with Gasteiger partial charge in [-0.25, -0.2) is 13.1 Å². The summed E-state index contributed by atoms with van der Waals surface area (Å²) < 4.78 is 25.6. The van der Waals surface area contributed by atoms with E-state index in [1.807, 2.05) is 12.1 Å². The summed E-state index contributed by atoms with van der Waals surface area (Å²) in [5.74, 6) is 0. The summed E-state index contributed by atoms with van der Waals surface area (Å²) in [6.07, 6.45) is 1.13. The average molecular weight is 283 g/mol. The molecule has 5 nitrogen and oxygen atoms in total. The molecule has 1 aliphatic heterocycles. The van der Waals surface area contributed by atoms with Gasteiger partial charge in [-0.05, 0) is 44.3 Å². The van der Waals surface area contributed by atoms with Crippen LogP contribution in [0.2, 0.25) is 0 Å². The Morgan fingerprint density at radius 1 is 1.32 bits per heavy atom. The molecule has 0 unspecified atom stereocenters. The predicted octanol–water partition coefficient (Wildman–Crippen LogP) is 0.783. The summed E-state index contributed by atoms with van der Waals surface area (Å²) in [5, 5.41) is 3.44. The fourth-order valence-electron chi connectivity index (χ4n) is 2.40. The number of hydrogen-bond acceptors (Lipinski definition) is 4. The second kappa shape index (κ2) is 5.90. The van der Waals surface area contributed by atoms with Crippen molar-refractivity contribution in [1.29, 1.82) is 0 Å². The third-order valence-electron chi connectivity index (χ3n) is 3.46. The van der Waals surface area contributed by atoms with Crippen molar-refractivity contribution in [3.8, 4) is 0 Å². The number of nitrogens with one attached hydrogen (secondary N) is 2. The first-order valence-electron chi connectivity index (χ1n) is 6.58. The minimum Gasteiger partial charge on any atom is -0.370 e. The van der Waals surface area contributed by atoms with Crippen molar-refractivity contribution in [3.63, 3.8) is 0 Å². The topological polar surface area (TPSA) is 61.4 Å². The Hall–Kier alpha value is -1.11. The van der Waals surface area contributed by atoms with Crippen LogP contribution in [0.3, 0.4) is 0 Å². The lowest BCUT2D eigenvalue weighted by atomic mass is 10.2. The van der Waals surface area contributed by atoms with Crippen LogP contribution in [0.4, 0.5) is 5.69 Å². The van der Waals surface area contributed by atoms with Crippen molar-refractivity contribution in [1.82, 2.24) is 10.0 Å². The third kappa shape index (κ3) is 3.26. The molecular weight excluding hydrogens is 262 g/mol. The van der Waals surface area contributed by atoms with Crippen LogP contribution in [0, 0.1) is 0 Å². The standard InChI is InChI=1S/C13H21N3O2S/c1-3-15-11-8-9-16(10-11)12-4-6-13(7-5-12)19(17,18)14-2/h4-7,11,14-15H,3,8-10H2,1-2H3/t11-/m0/s1. The minimum absolute atomic E-state index is 0.307. The summed E-state index contributed by atoms with van der Waals surface area (Å²) in [6, 6.07) is 7.59. The number of nitrogens with zero attached hydrogens (tertiary/aromatic N) is 1. The Morgan fingerprint density at radius 2 is 2.00 bits per heavy atom. The van der Waals surface area contributed by atoms with Crippen molar-refractivity contribution < 1.29 is 8.42 Å². The van der Waals surface area contributed by atoms with E-state index in [1.54, 1.807) is 12.1 Å². The summed E-state index contributed by atoms with van der Waals surface area (Å²) >= 11 is 0. The Balaban J connectivity index is 2.08. The van der Waals surface area contributed by atoms with Gasteiger partial charge in [-0.3, -0.25) is 0 Å². The van der Waals surface area contributed by atoms with E-state index in [-0.39, 0.29) is 0 Å². The van der Waals surface area contributed by atoms with Crippen LogP contribution in [0.1, 0.15) is 13.3 Å². The lowest BCUT2D eigenvalue weighted by Gasteiger charge is -2.19. The normalized spacial score (nSPS) is 19.9. The average Bonchev–Trinajstić information content (AvgIpc) is 2.88. The molecule has 106 valence electrons. The van der Waals surface area contributed by atoms with E-state index >= 15 is 0 Å². The van der Waals surface area contributed by atoms with E-state index in [9.17, 15) is 8.42 Å². The molecule has 1 heterocycles. The van der Waals surface area contributed by atoms with Crippen LogP contribution in [-0.2, 0) is 10.0 Å². The Morgan fingerprint density at radius 3 is 2.58 bits per heavy atom. The predicted molar refractivity (Wildman–Crippen MR) is 77.0 cm³/mol. The number of hydrogen-bond donors (Lipinski definition) is 2. The molecule has 1 aliphatic rings. The second-order valence-corrected chi connectivity index (χ2v) is 6.58. The highest BCUT2D eigenvalue weighted by Crippen LogP contribution is 2.22. The molecule has 0 saturated carbocycles. The number of benzene rings is 1. The molecule has 0 radical (unpaired) electrons. The van der Waals surface area contributed by atoms with Gasteiger partial charge in [0, 0.05) is 24.8 Å². The van der Waals surface area contributed by atoms with Gasteiger partial charge in [-0.1, -0.05) is 6.92 Å². The van der Waals surface area contributed by atoms with E-state index < -0.39 is 10.0 Å². The first-order valence-corrected chi connectivity index (χ1v) is 8.07. The van der Waals surface area contributed by atoms with Crippen LogP contribution in [-0.4, -0.2) is 41.1 Å². The highest BCUT2D eigenvalue weighted by molar-refractivity contribution is 7.89. The Kier molecular flexibility index (Phi) is 4.44. The summed E-state index contributed by atoms with van der Waals surface area (Å²) in [6.45, 7) is 5.08. The zero-order valence-electron chi connectivity index (χ0n) is 11.4. The number of sulfonamides is 1. The van der Waals surface area contributed by atoms with Gasteiger partial charge >= 0.3 is 0 Å². The number of anilines is 1. The molecule has 0 spiro atoms. The van der Waals surface area contributed by atoms with Gasteiger partial charge in [0.1, 0.15) is 0 Å². The molecule has 0 aromatic heterocycles. The summed E-state index contributed by atoms with van der Waals surface area (Å²) in [7, 11) is -1.92. The zero-order valence-corrected chi connectivity index (χ0v) is 12.2. The number of likely N-dealkylation sites (N-methyl/N-ethyl adjacent to an activating group) is 1.